The maximum absolute atomic E-state index is 2.48. The summed E-state index contributed by atoms with van der Waals surface area (Å²) in [6.07, 6.45) is 1.11. The Labute approximate surface area is 116 Å². The molecule has 0 fully saturated rings. The summed E-state index contributed by atoms with van der Waals surface area (Å²) >= 11 is 0. The predicted octanol–water partition coefficient (Wildman–Crippen LogP) is 4.27. The van der Waals surface area contributed by atoms with Crippen LogP contribution >= 0.6 is 0 Å². The van der Waals surface area contributed by atoms with Crippen LogP contribution < -0.4 is 0 Å². The lowest BCUT2D eigenvalue weighted by Crippen LogP contribution is -2.22. The second-order valence-corrected chi connectivity index (χ2v) is 4.96. The Kier molecular flexibility index (Phi) is 5.17. The third-order valence-electron chi connectivity index (χ3n) is 3.50. The molecule has 0 aromatic heterocycles. The summed E-state index contributed by atoms with van der Waals surface area (Å²) in [6, 6.07) is 19.6. The van der Waals surface area contributed by atoms with Crippen molar-refractivity contribution in [2.24, 2.45) is 0 Å². The molecule has 0 amide bonds. The van der Waals surface area contributed by atoms with Gasteiger partial charge in [-0.15, -0.1) is 0 Å². The zero-order valence-corrected chi connectivity index (χ0v) is 12.0. The van der Waals surface area contributed by atoms with Crippen LogP contribution in [0.3, 0.4) is 0 Å². The lowest BCUT2D eigenvalue weighted by Gasteiger charge is -2.21. The molecule has 19 heavy (non-hydrogen) atoms. The maximum Gasteiger partial charge on any atom is 0.0237 e. The SMILES string of the molecule is CCc1cccc(CN(CC)Cc2ccccc2)c1. The molecule has 0 aliphatic carbocycles. The Balaban J connectivity index is 2.02. The van der Waals surface area contributed by atoms with Gasteiger partial charge < -0.3 is 0 Å². The standard InChI is InChI=1S/C18H23N/c1-3-16-11-8-12-18(13-16)15-19(4-2)14-17-9-6-5-7-10-17/h5-13H,3-4,14-15H2,1-2H3. The highest BCUT2D eigenvalue weighted by atomic mass is 15.1. The van der Waals surface area contributed by atoms with Gasteiger partial charge in [0.2, 0.25) is 0 Å². The van der Waals surface area contributed by atoms with Gasteiger partial charge in [0.25, 0.3) is 0 Å². The number of rotatable bonds is 6. The molecule has 2 aromatic carbocycles. The molecule has 0 spiro atoms. The van der Waals surface area contributed by atoms with Gasteiger partial charge in [0.05, 0.1) is 0 Å². The molecular weight excluding hydrogens is 230 g/mol. The van der Waals surface area contributed by atoms with E-state index in [4.69, 9.17) is 0 Å². The molecule has 0 aliphatic heterocycles. The Morgan fingerprint density at radius 1 is 0.737 bits per heavy atom. The predicted molar refractivity (Wildman–Crippen MR) is 82.1 cm³/mol. The van der Waals surface area contributed by atoms with Crippen LogP contribution in [-0.4, -0.2) is 11.4 Å². The van der Waals surface area contributed by atoms with Crippen LogP contribution in [0.2, 0.25) is 0 Å². The van der Waals surface area contributed by atoms with Crippen molar-refractivity contribution in [1.29, 1.82) is 0 Å². The normalized spacial score (nSPS) is 10.9. The van der Waals surface area contributed by atoms with E-state index in [2.05, 4.69) is 73.3 Å². The van der Waals surface area contributed by atoms with Crippen molar-refractivity contribution in [3.05, 3.63) is 71.3 Å². The Morgan fingerprint density at radius 2 is 1.37 bits per heavy atom. The van der Waals surface area contributed by atoms with Gasteiger partial charge in [0.15, 0.2) is 0 Å². The van der Waals surface area contributed by atoms with E-state index in [0.29, 0.717) is 0 Å². The summed E-state index contributed by atoms with van der Waals surface area (Å²) in [5.74, 6) is 0. The fourth-order valence-electron chi connectivity index (χ4n) is 2.33. The van der Waals surface area contributed by atoms with Crippen LogP contribution in [0.4, 0.5) is 0 Å². The van der Waals surface area contributed by atoms with E-state index in [1.165, 1.54) is 16.7 Å². The second-order valence-electron chi connectivity index (χ2n) is 4.96. The van der Waals surface area contributed by atoms with E-state index in [0.717, 1.165) is 26.1 Å². The first-order valence-corrected chi connectivity index (χ1v) is 7.16. The molecule has 0 N–H and O–H groups in total. The van der Waals surface area contributed by atoms with Crippen LogP contribution in [0, 0.1) is 0 Å². The monoisotopic (exact) mass is 253 g/mol. The molecule has 0 atom stereocenters. The van der Waals surface area contributed by atoms with Crippen LogP contribution in [0.15, 0.2) is 54.6 Å². The zero-order chi connectivity index (χ0) is 13.5. The van der Waals surface area contributed by atoms with Gasteiger partial charge in [0.1, 0.15) is 0 Å². The summed E-state index contributed by atoms with van der Waals surface area (Å²) in [5, 5.41) is 0. The first-order chi connectivity index (χ1) is 9.31. The zero-order valence-electron chi connectivity index (χ0n) is 12.0. The van der Waals surface area contributed by atoms with Gasteiger partial charge in [-0.25, -0.2) is 0 Å². The van der Waals surface area contributed by atoms with Gasteiger partial charge in [-0.05, 0) is 29.7 Å². The van der Waals surface area contributed by atoms with E-state index in [-0.39, 0.29) is 0 Å². The van der Waals surface area contributed by atoms with E-state index in [1.807, 2.05) is 0 Å². The highest BCUT2D eigenvalue weighted by Gasteiger charge is 2.05. The van der Waals surface area contributed by atoms with Crippen LogP contribution in [0.25, 0.3) is 0 Å². The van der Waals surface area contributed by atoms with E-state index >= 15 is 0 Å². The summed E-state index contributed by atoms with van der Waals surface area (Å²) in [7, 11) is 0. The minimum atomic E-state index is 1.02. The van der Waals surface area contributed by atoms with Gasteiger partial charge in [-0.1, -0.05) is 68.4 Å². The minimum absolute atomic E-state index is 1.02. The largest absolute Gasteiger partial charge is 0.295 e. The Hall–Kier alpha value is -1.60. The highest BCUT2D eigenvalue weighted by Crippen LogP contribution is 2.11. The molecule has 1 heteroatoms. The van der Waals surface area contributed by atoms with E-state index in [9.17, 15) is 0 Å². The molecule has 0 aliphatic rings. The van der Waals surface area contributed by atoms with Crippen molar-refractivity contribution in [3.63, 3.8) is 0 Å². The molecule has 100 valence electrons. The summed E-state index contributed by atoms with van der Waals surface area (Å²) in [4.78, 5) is 2.48. The molecule has 0 saturated carbocycles. The molecule has 0 heterocycles. The van der Waals surface area contributed by atoms with Crippen molar-refractivity contribution in [2.45, 2.75) is 33.4 Å². The highest BCUT2D eigenvalue weighted by molar-refractivity contribution is 5.23. The van der Waals surface area contributed by atoms with Crippen molar-refractivity contribution >= 4 is 0 Å². The van der Waals surface area contributed by atoms with Crippen LogP contribution in [-0.2, 0) is 19.5 Å². The summed E-state index contributed by atoms with van der Waals surface area (Å²) in [5.41, 5.74) is 4.22. The van der Waals surface area contributed by atoms with Crippen molar-refractivity contribution in [1.82, 2.24) is 4.90 Å². The molecule has 2 rings (SSSR count). The van der Waals surface area contributed by atoms with Crippen molar-refractivity contribution in [3.8, 4) is 0 Å². The van der Waals surface area contributed by atoms with E-state index < -0.39 is 0 Å². The first-order valence-electron chi connectivity index (χ1n) is 7.16. The van der Waals surface area contributed by atoms with Crippen molar-refractivity contribution in [2.75, 3.05) is 6.54 Å². The summed E-state index contributed by atoms with van der Waals surface area (Å²) in [6.45, 7) is 7.56. The minimum Gasteiger partial charge on any atom is -0.295 e. The van der Waals surface area contributed by atoms with Gasteiger partial charge >= 0.3 is 0 Å². The Bertz CT molecular complexity index is 490. The molecule has 0 radical (unpaired) electrons. The molecule has 1 nitrogen and oxygen atoms in total. The smallest absolute Gasteiger partial charge is 0.0237 e. The lowest BCUT2D eigenvalue weighted by molar-refractivity contribution is 0.271. The van der Waals surface area contributed by atoms with E-state index in [1.54, 1.807) is 0 Å². The number of hydrogen-bond acceptors (Lipinski definition) is 1. The molecule has 0 bridgehead atoms. The fraction of sp³-hybridized carbons (Fsp3) is 0.333. The average Bonchev–Trinajstić information content (AvgIpc) is 2.48. The third-order valence-corrected chi connectivity index (χ3v) is 3.50. The molecule has 2 aromatic rings. The first kappa shape index (κ1) is 13.8. The Morgan fingerprint density at radius 3 is 2.05 bits per heavy atom. The topological polar surface area (TPSA) is 3.24 Å². The van der Waals surface area contributed by atoms with Gasteiger partial charge in [0, 0.05) is 13.1 Å². The molecule has 0 saturated heterocycles. The second kappa shape index (κ2) is 7.10. The number of aryl methyl sites for hydroxylation is 1. The van der Waals surface area contributed by atoms with Crippen LogP contribution in [0.5, 0.6) is 0 Å². The number of nitrogens with zero attached hydrogens (tertiary/aromatic N) is 1. The summed E-state index contributed by atoms with van der Waals surface area (Å²) < 4.78 is 0. The van der Waals surface area contributed by atoms with Gasteiger partial charge in [-0.3, -0.25) is 4.90 Å². The van der Waals surface area contributed by atoms with Gasteiger partial charge in [-0.2, -0.15) is 0 Å². The third kappa shape index (κ3) is 4.22. The van der Waals surface area contributed by atoms with Crippen molar-refractivity contribution < 1.29 is 0 Å². The fourth-order valence-corrected chi connectivity index (χ4v) is 2.33. The van der Waals surface area contributed by atoms with Crippen LogP contribution in [0.1, 0.15) is 30.5 Å². The maximum atomic E-state index is 2.48. The molecule has 0 unspecified atom stereocenters. The number of hydrogen-bond donors (Lipinski definition) is 0. The lowest BCUT2D eigenvalue weighted by atomic mass is 10.1. The number of benzene rings is 2. The molecular formula is C18H23N. The quantitative estimate of drug-likeness (QED) is 0.743. The average molecular weight is 253 g/mol.